The molecule has 0 aliphatic heterocycles. The van der Waals surface area contributed by atoms with Gasteiger partial charge in [0.15, 0.2) is 0 Å². The van der Waals surface area contributed by atoms with E-state index in [2.05, 4.69) is 20.2 Å². The molecule has 0 unspecified atom stereocenters. The first kappa shape index (κ1) is 26.5. The number of aromatic nitrogens is 2. The summed E-state index contributed by atoms with van der Waals surface area (Å²) in [5.74, 6) is -0.835. The third-order valence-electron chi connectivity index (χ3n) is 5.63. The summed E-state index contributed by atoms with van der Waals surface area (Å²) in [6, 6.07) is 15.2. The van der Waals surface area contributed by atoms with Crippen LogP contribution in [0.4, 0.5) is 0 Å². The molecule has 0 radical (unpaired) electrons. The number of amides is 3. The standard InChI is InChI=1S/C27H33N5O4/c28-26(34)24(18-21-8-4-3-5-9-21)31-25(33)19-30-27(35)22-10-12-23(13-11-22)36-17-7-2-1-6-15-32-16-14-29-20-32/h3-5,8-14,16,20,24H,1-2,6-7,15,17-19H2,(H2,28,34)(H,30,35)(H,31,33)/t24-/m0/s1. The summed E-state index contributed by atoms with van der Waals surface area (Å²) >= 11 is 0. The van der Waals surface area contributed by atoms with Gasteiger partial charge in [0.05, 0.1) is 19.5 Å². The number of rotatable bonds is 15. The molecule has 9 heteroatoms. The molecule has 0 saturated heterocycles. The lowest BCUT2D eigenvalue weighted by atomic mass is 10.1. The van der Waals surface area contributed by atoms with Crippen molar-refractivity contribution in [2.24, 2.45) is 5.73 Å². The molecule has 3 aromatic rings. The fourth-order valence-corrected chi connectivity index (χ4v) is 3.64. The summed E-state index contributed by atoms with van der Waals surface area (Å²) < 4.78 is 7.83. The van der Waals surface area contributed by atoms with E-state index in [1.54, 1.807) is 30.5 Å². The molecule has 0 aliphatic carbocycles. The molecule has 190 valence electrons. The number of nitrogens with two attached hydrogens (primary N) is 1. The number of aryl methyl sites for hydroxylation is 1. The number of ether oxygens (including phenoxy) is 1. The summed E-state index contributed by atoms with van der Waals surface area (Å²) in [7, 11) is 0. The van der Waals surface area contributed by atoms with E-state index in [-0.39, 0.29) is 13.0 Å². The van der Waals surface area contributed by atoms with Crippen molar-refractivity contribution in [1.82, 2.24) is 20.2 Å². The highest BCUT2D eigenvalue weighted by atomic mass is 16.5. The number of hydrogen-bond acceptors (Lipinski definition) is 5. The maximum absolute atomic E-state index is 12.4. The highest BCUT2D eigenvalue weighted by molar-refractivity contribution is 5.97. The van der Waals surface area contributed by atoms with Crippen LogP contribution < -0.4 is 21.1 Å². The van der Waals surface area contributed by atoms with Gasteiger partial charge in [-0.25, -0.2) is 4.98 Å². The van der Waals surface area contributed by atoms with E-state index in [0.29, 0.717) is 17.9 Å². The molecule has 0 spiro atoms. The van der Waals surface area contributed by atoms with Crippen LogP contribution in [-0.2, 0) is 22.6 Å². The van der Waals surface area contributed by atoms with Crippen molar-refractivity contribution in [1.29, 1.82) is 0 Å². The predicted octanol–water partition coefficient (Wildman–Crippen LogP) is 2.47. The number of benzene rings is 2. The average Bonchev–Trinajstić information content (AvgIpc) is 3.41. The van der Waals surface area contributed by atoms with Gasteiger partial charge >= 0.3 is 0 Å². The minimum atomic E-state index is -0.857. The van der Waals surface area contributed by atoms with Crippen LogP contribution >= 0.6 is 0 Å². The molecule has 1 aromatic heterocycles. The first-order valence-corrected chi connectivity index (χ1v) is 12.1. The van der Waals surface area contributed by atoms with E-state index < -0.39 is 23.8 Å². The number of primary amides is 1. The quantitative estimate of drug-likeness (QED) is 0.281. The fourth-order valence-electron chi connectivity index (χ4n) is 3.64. The molecule has 1 atom stereocenters. The average molecular weight is 492 g/mol. The molecular formula is C27H33N5O4. The fraction of sp³-hybridized carbons (Fsp3) is 0.333. The Balaban J connectivity index is 1.32. The zero-order valence-corrected chi connectivity index (χ0v) is 20.3. The number of unbranched alkanes of at least 4 members (excludes halogenated alkanes) is 3. The lowest BCUT2D eigenvalue weighted by Gasteiger charge is -2.16. The Kier molecular flexibility index (Phi) is 10.5. The lowest BCUT2D eigenvalue weighted by molar-refractivity contribution is -0.126. The van der Waals surface area contributed by atoms with E-state index in [1.807, 2.05) is 42.9 Å². The Labute approximate surface area is 211 Å². The Morgan fingerprint density at radius 3 is 2.42 bits per heavy atom. The molecule has 9 nitrogen and oxygen atoms in total. The van der Waals surface area contributed by atoms with E-state index in [9.17, 15) is 14.4 Å². The zero-order chi connectivity index (χ0) is 25.6. The van der Waals surface area contributed by atoms with Gasteiger partial charge in [0.25, 0.3) is 5.91 Å². The van der Waals surface area contributed by atoms with E-state index in [0.717, 1.165) is 37.8 Å². The first-order valence-electron chi connectivity index (χ1n) is 12.1. The largest absolute Gasteiger partial charge is 0.494 e. The van der Waals surface area contributed by atoms with E-state index in [4.69, 9.17) is 10.5 Å². The topological polar surface area (TPSA) is 128 Å². The van der Waals surface area contributed by atoms with Gasteiger partial charge in [-0.3, -0.25) is 14.4 Å². The Morgan fingerprint density at radius 2 is 1.72 bits per heavy atom. The van der Waals surface area contributed by atoms with Gasteiger partial charge in [-0.15, -0.1) is 0 Å². The van der Waals surface area contributed by atoms with Crippen LogP contribution in [0.25, 0.3) is 0 Å². The molecule has 0 fully saturated rings. The monoisotopic (exact) mass is 491 g/mol. The van der Waals surface area contributed by atoms with Crippen LogP contribution in [0.3, 0.4) is 0 Å². The number of carbonyl (C=O) groups excluding carboxylic acids is 3. The van der Waals surface area contributed by atoms with Crippen LogP contribution in [0.1, 0.15) is 41.6 Å². The maximum atomic E-state index is 12.4. The smallest absolute Gasteiger partial charge is 0.251 e. The van der Waals surface area contributed by atoms with Gasteiger partial charge < -0.3 is 25.7 Å². The summed E-state index contributed by atoms with van der Waals surface area (Å²) in [4.78, 5) is 40.4. The van der Waals surface area contributed by atoms with Gasteiger partial charge in [-0.05, 0) is 42.7 Å². The number of hydrogen-bond donors (Lipinski definition) is 3. The summed E-state index contributed by atoms with van der Waals surface area (Å²) in [5, 5.41) is 5.14. The van der Waals surface area contributed by atoms with Crippen molar-refractivity contribution in [3.05, 3.63) is 84.4 Å². The molecule has 1 heterocycles. The predicted molar refractivity (Wildman–Crippen MR) is 136 cm³/mol. The van der Waals surface area contributed by atoms with Gasteiger partial charge in [0.1, 0.15) is 11.8 Å². The second kappa shape index (κ2) is 14.3. The Morgan fingerprint density at radius 1 is 0.972 bits per heavy atom. The minimum Gasteiger partial charge on any atom is -0.494 e. The first-order chi connectivity index (χ1) is 17.5. The summed E-state index contributed by atoms with van der Waals surface area (Å²) in [6.45, 7) is 1.32. The number of carbonyl (C=O) groups is 3. The van der Waals surface area contributed by atoms with Gasteiger partial charge in [-0.2, -0.15) is 0 Å². The van der Waals surface area contributed by atoms with E-state index in [1.165, 1.54) is 0 Å². The number of nitrogens with one attached hydrogen (secondary N) is 2. The minimum absolute atomic E-state index is 0.267. The molecule has 0 bridgehead atoms. The van der Waals surface area contributed by atoms with Crippen molar-refractivity contribution in [2.45, 2.75) is 44.7 Å². The SMILES string of the molecule is NC(=O)[C@H](Cc1ccccc1)NC(=O)CNC(=O)c1ccc(OCCCCCCn2ccnc2)cc1. The molecule has 3 rings (SSSR count). The highest BCUT2D eigenvalue weighted by Crippen LogP contribution is 2.13. The second-order valence-corrected chi connectivity index (χ2v) is 8.48. The maximum Gasteiger partial charge on any atom is 0.251 e. The van der Waals surface area contributed by atoms with Gasteiger partial charge in [0, 0.05) is 30.9 Å². The van der Waals surface area contributed by atoms with Crippen LogP contribution in [0.5, 0.6) is 5.75 Å². The van der Waals surface area contributed by atoms with Crippen LogP contribution in [0.15, 0.2) is 73.3 Å². The number of nitrogens with zero attached hydrogens (tertiary/aromatic N) is 2. The second-order valence-electron chi connectivity index (χ2n) is 8.48. The van der Waals surface area contributed by atoms with Crippen molar-refractivity contribution >= 4 is 17.7 Å². The van der Waals surface area contributed by atoms with Crippen LogP contribution in [0, 0.1) is 0 Å². The van der Waals surface area contributed by atoms with Crippen LogP contribution in [-0.4, -0.2) is 46.5 Å². The van der Waals surface area contributed by atoms with Crippen molar-refractivity contribution in [2.75, 3.05) is 13.2 Å². The normalized spacial score (nSPS) is 11.4. The zero-order valence-electron chi connectivity index (χ0n) is 20.3. The Bertz CT molecular complexity index is 1090. The van der Waals surface area contributed by atoms with Gasteiger partial charge in [-0.1, -0.05) is 43.2 Å². The van der Waals surface area contributed by atoms with Crippen molar-refractivity contribution in [3.63, 3.8) is 0 Å². The highest BCUT2D eigenvalue weighted by Gasteiger charge is 2.19. The third-order valence-corrected chi connectivity index (χ3v) is 5.63. The Hall–Kier alpha value is -4.14. The molecule has 4 N–H and O–H groups in total. The van der Waals surface area contributed by atoms with Crippen molar-refractivity contribution in [3.8, 4) is 5.75 Å². The summed E-state index contributed by atoms with van der Waals surface area (Å²) in [5.41, 5.74) is 6.70. The van der Waals surface area contributed by atoms with Crippen molar-refractivity contribution < 1.29 is 19.1 Å². The van der Waals surface area contributed by atoms with Crippen LogP contribution in [0.2, 0.25) is 0 Å². The van der Waals surface area contributed by atoms with E-state index >= 15 is 0 Å². The summed E-state index contributed by atoms with van der Waals surface area (Å²) in [6.07, 6.45) is 10.1. The molecule has 0 saturated carbocycles. The third kappa shape index (κ3) is 9.25. The molecular weight excluding hydrogens is 458 g/mol. The lowest BCUT2D eigenvalue weighted by Crippen LogP contribution is -2.49. The molecule has 0 aliphatic rings. The number of imidazole rings is 1. The van der Waals surface area contributed by atoms with Gasteiger partial charge in [0.2, 0.25) is 11.8 Å². The molecule has 2 aromatic carbocycles. The molecule has 36 heavy (non-hydrogen) atoms. The molecule has 3 amide bonds.